The van der Waals surface area contributed by atoms with E-state index < -0.39 is 9.05 Å². The molecule has 0 aliphatic rings. The molecule has 8 heavy (non-hydrogen) atoms. The Labute approximate surface area is 91.7 Å². The van der Waals surface area contributed by atoms with Crippen molar-refractivity contribution in [1.29, 1.82) is 0 Å². The van der Waals surface area contributed by atoms with E-state index in [1.165, 1.54) is 14.2 Å². The Balaban J connectivity index is 0. The maximum absolute atomic E-state index is 8.38. The number of rotatable bonds is 2. The van der Waals surface area contributed by atoms with Crippen LogP contribution in [0.2, 0.25) is 0 Å². The van der Waals surface area contributed by atoms with Crippen LogP contribution in [-0.2, 0) is 8.85 Å². The van der Waals surface area contributed by atoms with Crippen LogP contribution in [0, 0.1) is 0 Å². The fourth-order valence-corrected chi connectivity index (χ4v) is 0.250. The minimum atomic E-state index is -3.65. The molecule has 0 aliphatic carbocycles. The Morgan fingerprint density at radius 2 is 1.38 bits per heavy atom. The van der Waals surface area contributed by atoms with Crippen molar-refractivity contribution in [3.63, 3.8) is 0 Å². The molecule has 0 saturated heterocycles. The molecule has 0 radical (unpaired) electrons. The molecule has 0 saturated carbocycles. The summed E-state index contributed by atoms with van der Waals surface area (Å²) in [6.45, 7) is 0. The van der Waals surface area contributed by atoms with Gasteiger partial charge >= 0.3 is 60.4 Å². The van der Waals surface area contributed by atoms with Gasteiger partial charge in [-0.15, -0.1) is 0 Å². The van der Waals surface area contributed by atoms with Gasteiger partial charge in [0.15, 0.2) is 0 Å². The summed E-state index contributed by atoms with van der Waals surface area (Å²) in [6.07, 6.45) is 0. The molecule has 0 spiro atoms. The van der Waals surface area contributed by atoms with E-state index in [0.717, 1.165) is 0 Å². The second-order valence-corrected chi connectivity index (χ2v) is 2.87. The minimum absolute atomic E-state index is 0. The van der Waals surface area contributed by atoms with Crippen molar-refractivity contribution < 1.29 is 18.4 Å². The fourth-order valence-electron chi connectivity index (χ4n) is 0.0833. The van der Waals surface area contributed by atoms with E-state index in [1.54, 1.807) is 0 Å². The number of hydrogen-bond donors (Lipinski definition) is 2. The van der Waals surface area contributed by atoms with Gasteiger partial charge in [-0.05, 0) is 0 Å². The second kappa shape index (κ2) is 5.48. The van der Waals surface area contributed by atoms with Gasteiger partial charge in [0.25, 0.3) is 0 Å². The van der Waals surface area contributed by atoms with E-state index >= 15 is 0 Å². The summed E-state index contributed by atoms with van der Waals surface area (Å²) in [4.78, 5) is 16.8. The molecule has 0 aromatic heterocycles. The van der Waals surface area contributed by atoms with Crippen LogP contribution in [0.25, 0.3) is 0 Å². The third-order valence-electron chi connectivity index (χ3n) is 0.532. The van der Waals surface area contributed by atoms with Gasteiger partial charge in [0.05, 0.1) is 0 Å². The molecule has 0 aromatic carbocycles. The Kier molecular flexibility index (Phi) is 8.47. The van der Waals surface area contributed by atoms with Crippen LogP contribution in [-0.4, -0.2) is 84.2 Å². The first-order valence-corrected chi connectivity index (χ1v) is 3.38. The van der Waals surface area contributed by atoms with Crippen LogP contribution in [0.15, 0.2) is 0 Å². The Morgan fingerprint density at radius 1 is 1.12 bits per heavy atom. The molecule has 2 N–H and O–H groups in total. The molecule has 0 aliphatic heterocycles. The summed E-state index contributed by atoms with van der Waals surface area (Å²) >= 11 is 0. The molecule has 46 valence electrons. The molecular formula is C2H9KO4Si. The van der Waals surface area contributed by atoms with Crippen LogP contribution >= 0.6 is 0 Å². The second-order valence-electron chi connectivity index (χ2n) is 0.957. The van der Waals surface area contributed by atoms with Crippen LogP contribution < -0.4 is 0 Å². The van der Waals surface area contributed by atoms with E-state index in [2.05, 4.69) is 8.85 Å². The van der Waals surface area contributed by atoms with E-state index in [9.17, 15) is 0 Å². The summed E-state index contributed by atoms with van der Waals surface area (Å²) in [6, 6.07) is 0. The van der Waals surface area contributed by atoms with Crippen molar-refractivity contribution in [2.45, 2.75) is 0 Å². The average molecular weight is 164 g/mol. The van der Waals surface area contributed by atoms with Crippen molar-refractivity contribution in [2.75, 3.05) is 14.2 Å². The SMILES string of the molecule is CO[Si](O)(O)OC.[KH]. The quantitative estimate of drug-likeness (QED) is 0.466. The molecule has 0 aromatic rings. The van der Waals surface area contributed by atoms with Gasteiger partial charge in [-0.1, -0.05) is 0 Å². The molecule has 6 heteroatoms. The maximum atomic E-state index is 8.38. The van der Waals surface area contributed by atoms with E-state index in [-0.39, 0.29) is 51.4 Å². The monoisotopic (exact) mass is 164 g/mol. The van der Waals surface area contributed by atoms with Gasteiger partial charge in [0.2, 0.25) is 0 Å². The van der Waals surface area contributed by atoms with Crippen LogP contribution in [0.4, 0.5) is 0 Å². The first-order valence-electron chi connectivity index (χ1n) is 1.67. The Morgan fingerprint density at radius 3 is 1.38 bits per heavy atom. The molecule has 4 nitrogen and oxygen atoms in total. The first kappa shape index (κ1) is 12.4. The fraction of sp³-hybridized carbons (Fsp3) is 1.00. The molecule has 0 heterocycles. The molecule has 0 bridgehead atoms. The zero-order chi connectivity index (χ0) is 5.91. The van der Waals surface area contributed by atoms with Crippen molar-refractivity contribution >= 4 is 60.4 Å². The summed E-state index contributed by atoms with van der Waals surface area (Å²) < 4.78 is 8.23. The van der Waals surface area contributed by atoms with Gasteiger partial charge in [0.1, 0.15) is 0 Å². The van der Waals surface area contributed by atoms with Crippen LogP contribution in [0.5, 0.6) is 0 Å². The predicted octanol–water partition coefficient (Wildman–Crippen LogP) is -1.95. The third kappa shape index (κ3) is 5.82. The molecule has 0 rings (SSSR count). The van der Waals surface area contributed by atoms with Gasteiger partial charge in [0, 0.05) is 14.2 Å². The molecule has 0 atom stereocenters. The van der Waals surface area contributed by atoms with Gasteiger partial charge in [-0.25, -0.2) is 0 Å². The molecule has 0 fully saturated rings. The van der Waals surface area contributed by atoms with Crippen molar-refractivity contribution in [1.82, 2.24) is 0 Å². The average Bonchev–Trinajstić information content (AvgIpc) is 1.68. The number of hydrogen-bond acceptors (Lipinski definition) is 4. The van der Waals surface area contributed by atoms with Crippen molar-refractivity contribution in [3.8, 4) is 0 Å². The summed E-state index contributed by atoms with van der Waals surface area (Å²) in [5, 5.41) is 0. The van der Waals surface area contributed by atoms with E-state index in [1.807, 2.05) is 0 Å². The Hall–Kier alpha value is 1.69. The first-order chi connectivity index (χ1) is 3.12. The van der Waals surface area contributed by atoms with E-state index in [0.29, 0.717) is 0 Å². The predicted molar refractivity (Wildman–Crippen MR) is 31.4 cm³/mol. The summed E-state index contributed by atoms with van der Waals surface area (Å²) in [5.41, 5.74) is 0. The van der Waals surface area contributed by atoms with Crippen LogP contribution in [0.1, 0.15) is 0 Å². The normalized spacial score (nSPS) is 10.5. The zero-order valence-electron chi connectivity index (χ0n) is 4.21. The molecule has 0 unspecified atom stereocenters. The summed E-state index contributed by atoms with van der Waals surface area (Å²) in [7, 11) is -1.30. The van der Waals surface area contributed by atoms with Crippen LogP contribution in [0.3, 0.4) is 0 Å². The topological polar surface area (TPSA) is 58.9 Å². The Bertz CT molecular complexity index is 52.0. The van der Waals surface area contributed by atoms with E-state index in [4.69, 9.17) is 9.59 Å². The molecule has 0 amide bonds. The zero-order valence-corrected chi connectivity index (χ0v) is 5.21. The standard InChI is InChI=1S/C2H8O4Si.K.H/c1-5-7(3,4)6-2;;/h3-4H,1-2H3;;. The summed E-state index contributed by atoms with van der Waals surface area (Å²) in [5.74, 6) is 0. The van der Waals surface area contributed by atoms with Crippen molar-refractivity contribution in [3.05, 3.63) is 0 Å². The third-order valence-corrected chi connectivity index (χ3v) is 1.60. The van der Waals surface area contributed by atoms with Gasteiger partial charge in [-0.2, -0.15) is 0 Å². The van der Waals surface area contributed by atoms with Gasteiger partial charge < -0.3 is 18.4 Å². The van der Waals surface area contributed by atoms with Gasteiger partial charge in [-0.3, -0.25) is 0 Å². The van der Waals surface area contributed by atoms with Crippen molar-refractivity contribution in [2.24, 2.45) is 0 Å². The molecular weight excluding hydrogens is 155 g/mol.